The summed E-state index contributed by atoms with van der Waals surface area (Å²) in [6.07, 6.45) is 4.05. The second-order valence-electron chi connectivity index (χ2n) is 3.64. The summed E-state index contributed by atoms with van der Waals surface area (Å²) in [6.45, 7) is 2.64. The van der Waals surface area contributed by atoms with Crippen LogP contribution < -0.4 is 11.3 Å². The summed E-state index contributed by atoms with van der Waals surface area (Å²) >= 11 is 0. The zero-order valence-corrected chi connectivity index (χ0v) is 9.23. The first-order valence-electron chi connectivity index (χ1n) is 5.07. The normalized spacial score (nSPS) is 15.0. The fourth-order valence-electron chi connectivity index (χ4n) is 1.37. The SMILES string of the molecule is CN1CCCC1.N#Cc1ncc(N)[nH]c1=O. The maximum atomic E-state index is 10.7. The van der Waals surface area contributed by atoms with E-state index in [1.165, 1.54) is 32.1 Å². The van der Waals surface area contributed by atoms with Crippen molar-refractivity contribution in [3.8, 4) is 6.07 Å². The molecule has 3 N–H and O–H groups in total. The van der Waals surface area contributed by atoms with Crippen LogP contribution in [-0.2, 0) is 0 Å². The fourth-order valence-corrected chi connectivity index (χ4v) is 1.37. The Morgan fingerprint density at radius 3 is 2.56 bits per heavy atom. The number of hydrogen-bond donors (Lipinski definition) is 2. The molecule has 0 spiro atoms. The number of aromatic nitrogens is 2. The molecule has 1 aromatic heterocycles. The van der Waals surface area contributed by atoms with Crippen LogP contribution in [0.25, 0.3) is 0 Å². The largest absolute Gasteiger partial charge is 0.384 e. The lowest BCUT2D eigenvalue weighted by atomic mass is 10.4. The average molecular weight is 221 g/mol. The van der Waals surface area contributed by atoms with Gasteiger partial charge in [-0.3, -0.25) is 4.79 Å². The highest BCUT2D eigenvalue weighted by molar-refractivity contribution is 5.26. The van der Waals surface area contributed by atoms with Gasteiger partial charge in [0, 0.05) is 0 Å². The third-order valence-corrected chi connectivity index (χ3v) is 2.24. The molecule has 1 aromatic rings. The van der Waals surface area contributed by atoms with Gasteiger partial charge < -0.3 is 15.6 Å². The van der Waals surface area contributed by atoms with E-state index in [1.54, 1.807) is 6.07 Å². The third kappa shape index (κ3) is 3.71. The second-order valence-corrected chi connectivity index (χ2v) is 3.64. The molecule has 6 nitrogen and oxygen atoms in total. The predicted molar refractivity (Wildman–Crippen MR) is 60.7 cm³/mol. The molecule has 0 saturated carbocycles. The van der Waals surface area contributed by atoms with Crippen molar-refractivity contribution in [2.75, 3.05) is 25.9 Å². The Bertz CT molecular complexity index is 428. The Balaban J connectivity index is 0.000000181. The van der Waals surface area contributed by atoms with Crippen molar-refractivity contribution in [3.05, 3.63) is 22.2 Å². The van der Waals surface area contributed by atoms with Crippen LogP contribution >= 0.6 is 0 Å². The second kappa shape index (κ2) is 5.88. The smallest absolute Gasteiger partial charge is 0.286 e. The van der Waals surface area contributed by atoms with Gasteiger partial charge in [0.2, 0.25) is 5.69 Å². The minimum absolute atomic E-state index is 0.156. The molecular weight excluding hydrogens is 206 g/mol. The first-order chi connectivity index (χ1) is 7.63. The molecule has 0 unspecified atom stereocenters. The van der Waals surface area contributed by atoms with Crippen molar-refractivity contribution in [2.24, 2.45) is 0 Å². The highest BCUT2D eigenvalue weighted by Crippen LogP contribution is 2.02. The zero-order valence-electron chi connectivity index (χ0n) is 9.23. The van der Waals surface area contributed by atoms with Gasteiger partial charge in [-0.1, -0.05) is 0 Å². The number of nitrogen functional groups attached to an aromatic ring is 1. The number of hydrogen-bond acceptors (Lipinski definition) is 5. The van der Waals surface area contributed by atoms with Crippen LogP contribution in [0.1, 0.15) is 18.5 Å². The van der Waals surface area contributed by atoms with Crippen LogP contribution in [0.3, 0.4) is 0 Å². The van der Waals surface area contributed by atoms with E-state index < -0.39 is 5.56 Å². The molecule has 0 aliphatic carbocycles. The lowest BCUT2D eigenvalue weighted by Gasteiger charge is -2.01. The molecule has 0 aromatic carbocycles. The van der Waals surface area contributed by atoms with Gasteiger partial charge >= 0.3 is 0 Å². The number of rotatable bonds is 0. The molecule has 2 heterocycles. The Hall–Kier alpha value is -1.87. The number of nitrogens with zero attached hydrogens (tertiary/aromatic N) is 3. The van der Waals surface area contributed by atoms with Crippen LogP contribution in [0, 0.1) is 11.3 Å². The van der Waals surface area contributed by atoms with E-state index >= 15 is 0 Å². The van der Waals surface area contributed by atoms with E-state index in [0.717, 1.165) is 0 Å². The quantitative estimate of drug-likeness (QED) is 0.639. The number of likely N-dealkylation sites (tertiary alicyclic amines) is 1. The Kier molecular flexibility index (Phi) is 4.48. The molecule has 0 radical (unpaired) electrons. The summed E-state index contributed by atoms with van der Waals surface area (Å²) in [5, 5.41) is 8.24. The van der Waals surface area contributed by atoms with Gasteiger partial charge in [-0.2, -0.15) is 5.26 Å². The van der Waals surface area contributed by atoms with Crippen LogP contribution in [-0.4, -0.2) is 35.0 Å². The van der Waals surface area contributed by atoms with Crippen LogP contribution in [0.4, 0.5) is 5.82 Å². The lowest BCUT2D eigenvalue weighted by molar-refractivity contribution is 0.418. The maximum absolute atomic E-state index is 10.7. The first kappa shape index (κ1) is 12.2. The maximum Gasteiger partial charge on any atom is 0.286 e. The van der Waals surface area contributed by atoms with Crippen LogP contribution in [0.15, 0.2) is 11.0 Å². The van der Waals surface area contributed by atoms with Gasteiger partial charge in [0.05, 0.1) is 6.20 Å². The Labute approximate surface area is 93.7 Å². The Morgan fingerprint density at radius 1 is 1.56 bits per heavy atom. The van der Waals surface area contributed by atoms with Crippen molar-refractivity contribution < 1.29 is 0 Å². The molecule has 0 amide bonds. The Morgan fingerprint density at radius 2 is 2.19 bits per heavy atom. The van der Waals surface area contributed by atoms with Crippen LogP contribution in [0.5, 0.6) is 0 Å². The molecule has 1 saturated heterocycles. The van der Waals surface area contributed by atoms with E-state index in [0.29, 0.717) is 0 Å². The summed E-state index contributed by atoms with van der Waals surface area (Å²) in [6, 6.07) is 1.61. The molecule has 1 aliphatic rings. The highest BCUT2D eigenvalue weighted by Gasteiger charge is 2.03. The fraction of sp³-hybridized carbons (Fsp3) is 0.500. The van der Waals surface area contributed by atoms with E-state index in [-0.39, 0.29) is 11.5 Å². The van der Waals surface area contributed by atoms with Crippen molar-refractivity contribution in [3.63, 3.8) is 0 Å². The van der Waals surface area contributed by atoms with Gasteiger partial charge in [-0.25, -0.2) is 4.98 Å². The molecule has 0 bridgehead atoms. The number of nitrogens with one attached hydrogen (secondary N) is 1. The van der Waals surface area contributed by atoms with Crippen molar-refractivity contribution in [2.45, 2.75) is 12.8 Å². The minimum Gasteiger partial charge on any atom is -0.384 e. The van der Waals surface area contributed by atoms with Gasteiger partial charge in [0.15, 0.2) is 0 Å². The van der Waals surface area contributed by atoms with Gasteiger partial charge in [-0.15, -0.1) is 0 Å². The van der Waals surface area contributed by atoms with Gasteiger partial charge in [0.1, 0.15) is 11.9 Å². The van der Waals surface area contributed by atoms with Crippen molar-refractivity contribution >= 4 is 5.82 Å². The number of H-pyrrole nitrogens is 1. The summed E-state index contributed by atoms with van der Waals surface area (Å²) in [4.78, 5) is 18.7. The minimum atomic E-state index is -0.553. The summed E-state index contributed by atoms with van der Waals surface area (Å²) in [5.41, 5.74) is 4.43. The average Bonchev–Trinajstić information content (AvgIpc) is 2.70. The molecule has 1 aliphatic heterocycles. The molecule has 0 atom stereocenters. The predicted octanol–water partition coefficient (Wildman–Crippen LogP) is -0.0642. The van der Waals surface area contributed by atoms with Gasteiger partial charge in [0.25, 0.3) is 5.56 Å². The summed E-state index contributed by atoms with van der Waals surface area (Å²) < 4.78 is 0. The molecule has 2 rings (SSSR count). The summed E-state index contributed by atoms with van der Waals surface area (Å²) in [5.74, 6) is 0.156. The highest BCUT2D eigenvalue weighted by atomic mass is 16.1. The summed E-state index contributed by atoms with van der Waals surface area (Å²) in [7, 11) is 2.17. The van der Waals surface area contributed by atoms with E-state index in [4.69, 9.17) is 11.0 Å². The number of nitriles is 1. The molecule has 6 heteroatoms. The first-order valence-corrected chi connectivity index (χ1v) is 5.07. The molecule has 1 fully saturated rings. The molecule has 16 heavy (non-hydrogen) atoms. The van der Waals surface area contributed by atoms with Crippen LogP contribution in [0.2, 0.25) is 0 Å². The van der Waals surface area contributed by atoms with Crippen molar-refractivity contribution in [1.29, 1.82) is 5.26 Å². The van der Waals surface area contributed by atoms with E-state index in [2.05, 4.69) is 21.9 Å². The monoisotopic (exact) mass is 221 g/mol. The number of nitrogens with two attached hydrogens (primary N) is 1. The lowest BCUT2D eigenvalue weighted by Crippen LogP contribution is -2.13. The van der Waals surface area contributed by atoms with Crippen molar-refractivity contribution in [1.82, 2.24) is 14.9 Å². The number of anilines is 1. The zero-order chi connectivity index (χ0) is 12.0. The third-order valence-electron chi connectivity index (χ3n) is 2.24. The van der Waals surface area contributed by atoms with E-state index in [1.807, 2.05) is 0 Å². The molecule has 86 valence electrons. The van der Waals surface area contributed by atoms with Gasteiger partial charge in [-0.05, 0) is 33.0 Å². The number of aromatic amines is 1. The standard InChI is InChI=1S/C5H4N4O.C5H11N/c6-1-3-5(10)9-4(7)2-8-3;1-6-4-2-3-5-6/h2H,(H3,7,9,10);2-5H2,1H3. The molecular formula is C10H15N5O. The topological polar surface area (TPSA) is 98.8 Å². The van der Waals surface area contributed by atoms with E-state index in [9.17, 15) is 4.79 Å².